The third kappa shape index (κ3) is 3.52. The molecular formula is C17H21N5S. The van der Waals surface area contributed by atoms with Gasteiger partial charge in [0.05, 0.1) is 16.3 Å². The molecule has 0 spiro atoms. The number of hydrogen-bond donors (Lipinski definition) is 0. The van der Waals surface area contributed by atoms with Gasteiger partial charge in [-0.3, -0.25) is 4.90 Å². The number of aromatic nitrogens is 2. The summed E-state index contributed by atoms with van der Waals surface area (Å²) in [5, 5.41) is 12.7. The molecule has 1 aliphatic rings. The molecule has 3 rings (SSSR count). The topological polar surface area (TPSA) is 56.1 Å². The Labute approximate surface area is 141 Å². The molecule has 0 unspecified atom stereocenters. The van der Waals surface area contributed by atoms with E-state index in [1.807, 2.05) is 26.8 Å². The highest BCUT2D eigenvalue weighted by Gasteiger charge is 2.22. The molecule has 0 saturated carbocycles. The van der Waals surface area contributed by atoms with Gasteiger partial charge in [-0.2, -0.15) is 5.26 Å². The zero-order chi connectivity index (χ0) is 16.4. The zero-order valence-electron chi connectivity index (χ0n) is 13.8. The van der Waals surface area contributed by atoms with Gasteiger partial charge in [0.25, 0.3) is 0 Å². The van der Waals surface area contributed by atoms with E-state index in [2.05, 4.69) is 31.2 Å². The molecule has 0 amide bonds. The summed E-state index contributed by atoms with van der Waals surface area (Å²) in [6.45, 7) is 10.6. The first-order valence-corrected chi connectivity index (χ1v) is 8.71. The number of thiazole rings is 1. The standard InChI is InChI=1S/C17H21N5S/c1-12-8-13(2)19-17(16(12)9-18)22-6-4-21(5-7-22)10-15-11-23-14(3)20-15/h8,11H,4-7,10H2,1-3H3. The Morgan fingerprint density at radius 1 is 1.17 bits per heavy atom. The SMILES string of the molecule is Cc1cc(C)c(C#N)c(N2CCN(Cc3csc(C)n3)CC2)n1. The van der Waals surface area contributed by atoms with Gasteiger partial charge in [-0.15, -0.1) is 11.3 Å². The maximum absolute atomic E-state index is 9.44. The van der Waals surface area contributed by atoms with E-state index in [4.69, 9.17) is 0 Å². The van der Waals surface area contributed by atoms with Crippen LogP contribution in [0.15, 0.2) is 11.4 Å². The lowest BCUT2D eigenvalue weighted by Gasteiger charge is -2.35. The number of aryl methyl sites for hydroxylation is 3. The number of anilines is 1. The molecule has 1 aliphatic heterocycles. The van der Waals surface area contributed by atoms with Gasteiger partial charge in [0, 0.05) is 43.8 Å². The number of nitriles is 1. The zero-order valence-corrected chi connectivity index (χ0v) is 14.7. The molecule has 0 aliphatic carbocycles. The van der Waals surface area contributed by atoms with Crippen LogP contribution in [0.4, 0.5) is 5.82 Å². The minimum Gasteiger partial charge on any atom is -0.353 e. The lowest BCUT2D eigenvalue weighted by Crippen LogP contribution is -2.46. The summed E-state index contributed by atoms with van der Waals surface area (Å²) in [6.07, 6.45) is 0. The van der Waals surface area contributed by atoms with Crippen molar-refractivity contribution < 1.29 is 0 Å². The molecule has 0 bridgehead atoms. The van der Waals surface area contributed by atoms with Gasteiger partial charge in [-0.05, 0) is 32.4 Å². The van der Waals surface area contributed by atoms with Gasteiger partial charge in [-0.25, -0.2) is 9.97 Å². The molecule has 3 heterocycles. The van der Waals surface area contributed by atoms with Crippen LogP contribution in [0.3, 0.4) is 0 Å². The van der Waals surface area contributed by atoms with Crippen LogP contribution < -0.4 is 4.90 Å². The number of piperazine rings is 1. The van der Waals surface area contributed by atoms with Crippen LogP contribution >= 0.6 is 11.3 Å². The molecule has 0 aromatic carbocycles. The fourth-order valence-corrected chi connectivity index (χ4v) is 3.62. The molecule has 6 heteroatoms. The number of pyridine rings is 1. The fraction of sp³-hybridized carbons (Fsp3) is 0.471. The quantitative estimate of drug-likeness (QED) is 0.867. The second-order valence-electron chi connectivity index (χ2n) is 6.01. The largest absolute Gasteiger partial charge is 0.353 e. The first-order chi connectivity index (χ1) is 11.1. The van der Waals surface area contributed by atoms with E-state index in [1.165, 1.54) is 0 Å². The van der Waals surface area contributed by atoms with Crippen molar-refractivity contribution in [2.45, 2.75) is 27.3 Å². The first kappa shape index (κ1) is 15.9. The van der Waals surface area contributed by atoms with Gasteiger partial charge >= 0.3 is 0 Å². The Balaban J connectivity index is 1.68. The third-order valence-electron chi connectivity index (χ3n) is 4.16. The van der Waals surface area contributed by atoms with Crippen LogP contribution in [0.2, 0.25) is 0 Å². The molecule has 0 atom stereocenters. The molecule has 120 valence electrons. The van der Waals surface area contributed by atoms with Gasteiger partial charge in [0.2, 0.25) is 0 Å². The van der Waals surface area contributed by atoms with E-state index in [0.29, 0.717) is 5.56 Å². The highest BCUT2D eigenvalue weighted by molar-refractivity contribution is 7.09. The minimum atomic E-state index is 0.708. The summed E-state index contributed by atoms with van der Waals surface area (Å²) in [4.78, 5) is 13.8. The lowest BCUT2D eigenvalue weighted by atomic mass is 10.1. The summed E-state index contributed by atoms with van der Waals surface area (Å²) in [6, 6.07) is 4.29. The second-order valence-corrected chi connectivity index (χ2v) is 7.07. The average molecular weight is 327 g/mol. The number of nitrogens with zero attached hydrogens (tertiary/aromatic N) is 5. The Bertz CT molecular complexity index is 738. The summed E-state index contributed by atoms with van der Waals surface area (Å²) in [5.74, 6) is 0.842. The molecule has 1 saturated heterocycles. The summed E-state index contributed by atoms with van der Waals surface area (Å²) >= 11 is 1.70. The van der Waals surface area contributed by atoms with Gasteiger partial charge in [-0.1, -0.05) is 0 Å². The van der Waals surface area contributed by atoms with Crippen molar-refractivity contribution in [3.05, 3.63) is 39.0 Å². The molecule has 2 aromatic rings. The van der Waals surface area contributed by atoms with E-state index >= 15 is 0 Å². The maximum Gasteiger partial charge on any atom is 0.147 e. The Morgan fingerprint density at radius 2 is 1.91 bits per heavy atom. The van der Waals surface area contributed by atoms with Gasteiger partial charge < -0.3 is 4.90 Å². The van der Waals surface area contributed by atoms with Crippen molar-refractivity contribution >= 4 is 17.2 Å². The molecule has 0 radical (unpaired) electrons. The summed E-state index contributed by atoms with van der Waals surface area (Å²) < 4.78 is 0. The molecule has 2 aromatic heterocycles. The smallest absolute Gasteiger partial charge is 0.147 e. The molecular weight excluding hydrogens is 306 g/mol. The van der Waals surface area contributed by atoms with Crippen molar-refractivity contribution in [1.29, 1.82) is 5.26 Å². The van der Waals surface area contributed by atoms with Gasteiger partial charge in [0.15, 0.2) is 0 Å². The predicted octanol–water partition coefficient (Wildman–Crippen LogP) is 2.66. The van der Waals surface area contributed by atoms with Crippen LogP contribution in [-0.2, 0) is 6.54 Å². The van der Waals surface area contributed by atoms with Crippen molar-refractivity contribution in [3.63, 3.8) is 0 Å². The summed E-state index contributed by atoms with van der Waals surface area (Å²) in [5.41, 5.74) is 3.84. The lowest BCUT2D eigenvalue weighted by molar-refractivity contribution is 0.247. The first-order valence-electron chi connectivity index (χ1n) is 7.83. The molecule has 1 fully saturated rings. The third-order valence-corrected chi connectivity index (χ3v) is 4.98. The van der Waals surface area contributed by atoms with Crippen LogP contribution in [0.25, 0.3) is 0 Å². The maximum atomic E-state index is 9.44. The van der Waals surface area contributed by atoms with Gasteiger partial charge in [0.1, 0.15) is 11.9 Å². The monoisotopic (exact) mass is 327 g/mol. The van der Waals surface area contributed by atoms with Crippen LogP contribution in [0.5, 0.6) is 0 Å². The Morgan fingerprint density at radius 3 is 2.52 bits per heavy atom. The molecule has 0 N–H and O–H groups in total. The van der Waals surface area contributed by atoms with E-state index < -0.39 is 0 Å². The van der Waals surface area contributed by atoms with Crippen LogP contribution in [-0.4, -0.2) is 41.0 Å². The highest BCUT2D eigenvalue weighted by Crippen LogP contribution is 2.23. The average Bonchev–Trinajstić information content (AvgIpc) is 2.92. The highest BCUT2D eigenvalue weighted by atomic mass is 32.1. The normalized spacial score (nSPS) is 15.7. The predicted molar refractivity (Wildman–Crippen MR) is 92.8 cm³/mol. The molecule has 23 heavy (non-hydrogen) atoms. The van der Waals surface area contributed by atoms with E-state index in [0.717, 1.165) is 60.5 Å². The Kier molecular flexibility index (Phi) is 4.60. The second kappa shape index (κ2) is 6.65. The van der Waals surface area contributed by atoms with E-state index in [-0.39, 0.29) is 0 Å². The van der Waals surface area contributed by atoms with Crippen molar-refractivity contribution in [2.75, 3.05) is 31.1 Å². The minimum absolute atomic E-state index is 0.708. The van der Waals surface area contributed by atoms with E-state index in [9.17, 15) is 5.26 Å². The number of rotatable bonds is 3. The van der Waals surface area contributed by atoms with Crippen molar-refractivity contribution in [1.82, 2.24) is 14.9 Å². The number of hydrogen-bond acceptors (Lipinski definition) is 6. The molecule has 5 nitrogen and oxygen atoms in total. The van der Waals surface area contributed by atoms with Crippen molar-refractivity contribution in [2.24, 2.45) is 0 Å². The van der Waals surface area contributed by atoms with Crippen LogP contribution in [0, 0.1) is 32.1 Å². The summed E-state index contributed by atoms with van der Waals surface area (Å²) in [7, 11) is 0. The van der Waals surface area contributed by atoms with Crippen LogP contribution in [0.1, 0.15) is 27.5 Å². The Hall–Kier alpha value is -1.97. The fourth-order valence-electron chi connectivity index (χ4n) is 3.01. The van der Waals surface area contributed by atoms with E-state index in [1.54, 1.807) is 11.3 Å². The van der Waals surface area contributed by atoms with Crippen molar-refractivity contribution in [3.8, 4) is 6.07 Å².